The minimum absolute atomic E-state index is 0.104. The van der Waals surface area contributed by atoms with E-state index in [1.54, 1.807) is 12.0 Å². The van der Waals surface area contributed by atoms with E-state index in [0.717, 1.165) is 89.3 Å². The molecule has 4 amide bonds. The lowest BCUT2D eigenvalue weighted by molar-refractivity contribution is -0.145. The maximum Gasteiger partial charge on any atom is 0.330 e. The van der Waals surface area contributed by atoms with Gasteiger partial charge in [-0.25, -0.2) is 20.4 Å². The highest BCUT2D eigenvalue weighted by Gasteiger charge is 2.61. The zero-order valence-corrected chi connectivity index (χ0v) is 30.8. The predicted octanol–water partition coefficient (Wildman–Crippen LogP) is 1.98. The van der Waals surface area contributed by atoms with E-state index in [2.05, 4.69) is 32.1 Å². The van der Waals surface area contributed by atoms with Gasteiger partial charge in [-0.1, -0.05) is 37.8 Å². The maximum absolute atomic E-state index is 14.6. The molecule has 7 aliphatic rings. The molecule has 14 nitrogen and oxygen atoms in total. The first-order chi connectivity index (χ1) is 24.8. The number of carboxylic acids is 1. The van der Waals surface area contributed by atoms with Gasteiger partial charge in [-0.2, -0.15) is 5.12 Å². The molecule has 8 atom stereocenters. The number of methoxy groups -OCH3 is 1. The SMILES string of the molecule is COC1CCC(C2NN([C@@H]3C[C@H]4C(=O)N[C@]5(C(=O)O)C[C@H]5/C=C\CCCCC[C@H](NC(=O)NC5CCCC5)C(=O)N4C3)NC2C2NCCS2)CC1. The van der Waals surface area contributed by atoms with Crippen LogP contribution in [0.15, 0.2) is 12.2 Å². The van der Waals surface area contributed by atoms with Crippen LogP contribution in [0.1, 0.15) is 96.3 Å². The van der Waals surface area contributed by atoms with E-state index in [9.17, 15) is 24.3 Å². The van der Waals surface area contributed by atoms with Gasteiger partial charge in [-0.15, -0.1) is 11.8 Å². The number of amides is 4. The molecule has 15 heteroatoms. The van der Waals surface area contributed by atoms with Gasteiger partial charge in [-0.3, -0.25) is 9.59 Å². The van der Waals surface area contributed by atoms with Crippen molar-refractivity contribution in [3.8, 4) is 0 Å². The molecule has 7 rings (SSSR count). The number of ether oxygens (including phenoxy) is 1. The van der Waals surface area contributed by atoms with Crippen LogP contribution in [-0.2, 0) is 19.1 Å². The Bertz CT molecular complexity index is 1300. The van der Waals surface area contributed by atoms with Crippen molar-refractivity contribution < 1.29 is 29.0 Å². The molecule has 3 saturated heterocycles. The zero-order valence-electron chi connectivity index (χ0n) is 29.9. The molecule has 3 unspecified atom stereocenters. The Kier molecular flexibility index (Phi) is 11.8. The molecule has 3 aliphatic carbocycles. The fourth-order valence-corrected chi connectivity index (χ4v) is 10.6. The molecule has 6 fully saturated rings. The van der Waals surface area contributed by atoms with Crippen LogP contribution in [-0.4, -0.2) is 118 Å². The second-order valence-corrected chi connectivity index (χ2v) is 17.1. The van der Waals surface area contributed by atoms with Crippen molar-refractivity contribution in [3.63, 3.8) is 0 Å². The van der Waals surface area contributed by atoms with E-state index >= 15 is 0 Å². The topological polar surface area (TPSA) is 176 Å². The average molecular weight is 731 g/mol. The molecular weight excluding hydrogens is 673 g/mol. The molecule has 0 radical (unpaired) electrons. The Morgan fingerprint density at radius 1 is 0.980 bits per heavy atom. The number of allylic oxidation sites excluding steroid dienone is 1. The Morgan fingerprint density at radius 3 is 2.47 bits per heavy atom. The fraction of sp³-hybridized carbons (Fsp3) is 0.833. The van der Waals surface area contributed by atoms with Gasteiger partial charge in [0, 0.05) is 44.0 Å². The first-order valence-electron chi connectivity index (χ1n) is 19.5. The number of hydrazine groups is 2. The van der Waals surface area contributed by atoms with Crippen molar-refractivity contribution in [3.05, 3.63) is 12.2 Å². The van der Waals surface area contributed by atoms with Crippen LogP contribution in [0, 0.1) is 11.8 Å². The standard InChI is InChI=1S/C36H58N8O6S/c1-50-26-15-13-22(14-16-26)29-30(32-37-17-18-51-32)42-44(41-29)25-19-28-31(45)40-36(34(47)48)20-23(36)9-5-3-2-4-6-12-27(33(46)43(28)21-25)39-35(49)38-24-10-7-8-11-24/h5,9,22-30,32,37,41-42H,2-4,6-8,10-21H2,1H3,(H,40,45)(H,47,48)(H2,38,39,49)/b9-5-/t22?,23-,25-,26?,27+,28+,29?,30?,32?,36-/m1/s1. The first-order valence-corrected chi connectivity index (χ1v) is 20.6. The molecule has 0 spiro atoms. The Morgan fingerprint density at radius 2 is 1.75 bits per heavy atom. The van der Waals surface area contributed by atoms with Gasteiger partial charge in [0.05, 0.1) is 23.6 Å². The number of nitrogens with zero attached hydrogens (tertiary/aromatic N) is 2. The van der Waals surface area contributed by atoms with E-state index in [-0.39, 0.29) is 53.9 Å². The molecule has 0 bridgehead atoms. The number of hydrogen-bond donors (Lipinski definition) is 7. The second-order valence-electron chi connectivity index (χ2n) is 15.9. The normalized spacial score (nSPS) is 40.5. The molecule has 3 saturated carbocycles. The van der Waals surface area contributed by atoms with Crippen LogP contribution in [0.5, 0.6) is 0 Å². The van der Waals surface area contributed by atoms with Crippen molar-refractivity contribution >= 4 is 35.6 Å². The van der Waals surface area contributed by atoms with E-state index in [1.807, 2.05) is 29.0 Å². The number of carboxylic acid groups (broad SMARTS) is 1. The predicted molar refractivity (Wildman–Crippen MR) is 193 cm³/mol. The summed E-state index contributed by atoms with van der Waals surface area (Å²) in [5.41, 5.74) is 6.20. The van der Waals surface area contributed by atoms with Crippen LogP contribution in [0.3, 0.4) is 0 Å². The Hall–Kier alpha value is -2.43. The summed E-state index contributed by atoms with van der Waals surface area (Å²) in [6, 6.07) is -1.88. The average Bonchev–Trinajstić information content (AvgIpc) is 3.77. The van der Waals surface area contributed by atoms with Crippen molar-refractivity contribution in [2.75, 3.05) is 26.0 Å². The minimum Gasteiger partial charge on any atom is -0.479 e. The van der Waals surface area contributed by atoms with Gasteiger partial charge >= 0.3 is 12.0 Å². The summed E-state index contributed by atoms with van der Waals surface area (Å²) in [5, 5.41) is 25.2. The van der Waals surface area contributed by atoms with E-state index < -0.39 is 29.5 Å². The lowest BCUT2D eigenvalue weighted by Gasteiger charge is -2.35. The summed E-state index contributed by atoms with van der Waals surface area (Å²) in [6.45, 7) is 1.22. The second kappa shape index (κ2) is 16.3. The molecule has 0 aromatic rings. The van der Waals surface area contributed by atoms with Crippen LogP contribution in [0.25, 0.3) is 0 Å². The van der Waals surface area contributed by atoms with Crippen molar-refractivity contribution in [2.24, 2.45) is 11.8 Å². The van der Waals surface area contributed by atoms with Gasteiger partial charge in [0.25, 0.3) is 0 Å². The Balaban J connectivity index is 1.12. The number of fused-ring (bicyclic) bond motifs is 2. The molecule has 0 aromatic heterocycles. The number of rotatable bonds is 7. The number of carbonyl (C=O) groups excluding carboxylic acids is 3. The van der Waals surface area contributed by atoms with Crippen LogP contribution in [0.4, 0.5) is 4.79 Å². The fourth-order valence-electron chi connectivity index (χ4n) is 9.47. The number of nitrogens with one attached hydrogen (secondary N) is 6. The number of carbonyl (C=O) groups is 4. The van der Waals surface area contributed by atoms with Crippen LogP contribution < -0.4 is 32.1 Å². The van der Waals surface area contributed by atoms with Crippen LogP contribution in [0.2, 0.25) is 0 Å². The van der Waals surface area contributed by atoms with Gasteiger partial charge < -0.3 is 36.0 Å². The lowest BCUT2D eigenvalue weighted by atomic mass is 9.80. The first kappa shape index (κ1) is 36.9. The minimum atomic E-state index is -1.37. The highest BCUT2D eigenvalue weighted by molar-refractivity contribution is 8.00. The van der Waals surface area contributed by atoms with Crippen molar-refractivity contribution in [2.45, 2.75) is 150 Å². The van der Waals surface area contributed by atoms with Gasteiger partial charge in [0.15, 0.2) is 0 Å². The van der Waals surface area contributed by atoms with Gasteiger partial charge in [-0.05, 0) is 76.5 Å². The number of thioether (sulfide) groups is 1. The molecule has 4 heterocycles. The molecular formula is C36H58N8O6S. The third-order valence-electron chi connectivity index (χ3n) is 12.6. The van der Waals surface area contributed by atoms with E-state index in [1.165, 1.54) is 0 Å². The van der Waals surface area contributed by atoms with Gasteiger partial charge in [0.1, 0.15) is 17.6 Å². The third kappa shape index (κ3) is 8.23. The molecule has 7 N–H and O–H groups in total. The molecule has 284 valence electrons. The smallest absolute Gasteiger partial charge is 0.330 e. The Labute approximate surface area is 305 Å². The van der Waals surface area contributed by atoms with E-state index in [4.69, 9.17) is 4.74 Å². The highest BCUT2D eigenvalue weighted by Crippen LogP contribution is 2.45. The van der Waals surface area contributed by atoms with Crippen molar-refractivity contribution in [1.29, 1.82) is 0 Å². The molecule has 51 heavy (non-hydrogen) atoms. The number of aliphatic carboxylic acids is 1. The highest BCUT2D eigenvalue weighted by atomic mass is 32.2. The zero-order chi connectivity index (χ0) is 35.5. The quantitative estimate of drug-likeness (QED) is 0.191. The largest absolute Gasteiger partial charge is 0.479 e. The van der Waals surface area contributed by atoms with Crippen LogP contribution >= 0.6 is 11.8 Å². The summed E-state index contributed by atoms with van der Waals surface area (Å²) < 4.78 is 5.67. The summed E-state index contributed by atoms with van der Waals surface area (Å²) in [6.07, 6.45) is 16.9. The summed E-state index contributed by atoms with van der Waals surface area (Å²) >= 11 is 1.92. The van der Waals surface area contributed by atoms with Crippen molar-refractivity contribution in [1.82, 2.24) is 42.1 Å². The van der Waals surface area contributed by atoms with E-state index in [0.29, 0.717) is 31.3 Å². The monoisotopic (exact) mass is 730 g/mol. The summed E-state index contributed by atoms with van der Waals surface area (Å²) in [4.78, 5) is 56.2. The number of urea groups is 1. The summed E-state index contributed by atoms with van der Waals surface area (Å²) in [7, 11) is 1.79. The molecule has 4 aliphatic heterocycles. The maximum atomic E-state index is 14.6. The lowest BCUT2D eigenvalue weighted by Crippen LogP contribution is -2.57. The summed E-state index contributed by atoms with van der Waals surface area (Å²) in [5.74, 6) is -0.588. The third-order valence-corrected chi connectivity index (χ3v) is 13.9. The number of hydrogen-bond acceptors (Lipinski definition) is 10. The molecule has 0 aromatic carbocycles. The van der Waals surface area contributed by atoms with Gasteiger partial charge in [0.2, 0.25) is 11.8 Å².